The van der Waals surface area contributed by atoms with E-state index in [1.165, 1.54) is 11.3 Å². The third-order valence-electron chi connectivity index (χ3n) is 5.33. The number of nitrogens with two attached hydrogens (primary N) is 2. The SMILES string of the molecule is Cc1cc(-c2cnc3sc(N)nc3c2)cc2c1OCCN(c1nc(N)nc(Cl)c1CO)C2. The lowest BCUT2D eigenvalue weighted by atomic mass is 9.99. The molecule has 0 spiro atoms. The number of hydrogen-bond donors (Lipinski definition) is 3. The molecule has 0 aliphatic carbocycles. The van der Waals surface area contributed by atoms with Crippen LogP contribution in [0, 0.1) is 6.92 Å². The molecule has 0 atom stereocenters. The maximum Gasteiger partial charge on any atom is 0.223 e. The number of thiazole rings is 1. The van der Waals surface area contributed by atoms with Crippen molar-refractivity contribution in [2.75, 3.05) is 29.5 Å². The first-order chi connectivity index (χ1) is 15.4. The second kappa shape index (κ2) is 8.05. The minimum absolute atomic E-state index is 0.0550. The fourth-order valence-corrected chi connectivity index (χ4v) is 4.81. The number of aromatic nitrogens is 4. The zero-order chi connectivity index (χ0) is 22.4. The number of aliphatic hydroxyl groups is 1. The molecule has 32 heavy (non-hydrogen) atoms. The van der Waals surface area contributed by atoms with Gasteiger partial charge in [0.15, 0.2) is 5.13 Å². The zero-order valence-corrected chi connectivity index (χ0v) is 18.7. The molecule has 0 amide bonds. The predicted octanol–water partition coefficient (Wildman–Crippen LogP) is 3.17. The largest absolute Gasteiger partial charge is 0.491 e. The van der Waals surface area contributed by atoms with Gasteiger partial charge in [0.1, 0.15) is 33.7 Å². The summed E-state index contributed by atoms with van der Waals surface area (Å²) in [6, 6.07) is 6.14. The van der Waals surface area contributed by atoms with Crippen molar-refractivity contribution in [1.29, 1.82) is 0 Å². The van der Waals surface area contributed by atoms with Gasteiger partial charge in [0.2, 0.25) is 5.95 Å². The Morgan fingerprint density at radius 2 is 2.03 bits per heavy atom. The first-order valence-corrected chi connectivity index (χ1v) is 11.1. The van der Waals surface area contributed by atoms with E-state index in [0.29, 0.717) is 36.2 Å². The summed E-state index contributed by atoms with van der Waals surface area (Å²) < 4.78 is 6.07. The number of aliphatic hydroxyl groups excluding tert-OH is 1. The lowest BCUT2D eigenvalue weighted by Crippen LogP contribution is -2.28. The molecule has 1 aliphatic rings. The van der Waals surface area contributed by atoms with Crippen LogP contribution in [0.1, 0.15) is 16.7 Å². The number of nitrogens with zero attached hydrogens (tertiary/aromatic N) is 5. The van der Waals surface area contributed by atoms with Gasteiger partial charge in [-0.1, -0.05) is 22.9 Å². The van der Waals surface area contributed by atoms with E-state index in [4.69, 9.17) is 27.8 Å². The van der Waals surface area contributed by atoms with Gasteiger partial charge >= 0.3 is 0 Å². The quantitative estimate of drug-likeness (QED) is 0.386. The summed E-state index contributed by atoms with van der Waals surface area (Å²) in [4.78, 5) is 20.0. The molecule has 0 saturated heterocycles. The second-order valence-electron chi connectivity index (χ2n) is 7.48. The van der Waals surface area contributed by atoms with Gasteiger partial charge in [-0.3, -0.25) is 0 Å². The van der Waals surface area contributed by atoms with Crippen molar-refractivity contribution in [2.24, 2.45) is 0 Å². The first kappa shape index (κ1) is 20.7. The Balaban J connectivity index is 1.57. The highest BCUT2D eigenvalue weighted by molar-refractivity contribution is 7.21. The smallest absolute Gasteiger partial charge is 0.223 e. The molecule has 164 valence electrons. The van der Waals surface area contributed by atoms with Crippen molar-refractivity contribution < 1.29 is 9.84 Å². The number of anilines is 3. The molecule has 0 fully saturated rings. The number of hydrogen-bond acceptors (Lipinski definition) is 10. The molecule has 11 heteroatoms. The van der Waals surface area contributed by atoms with E-state index in [-0.39, 0.29) is 17.7 Å². The van der Waals surface area contributed by atoms with E-state index in [1.54, 1.807) is 0 Å². The van der Waals surface area contributed by atoms with E-state index in [9.17, 15) is 5.11 Å². The molecule has 0 unspecified atom stereocenters. The van der Waals surface area contributed by atoms with Crippen molar-refractivity contribution in [1.82, 2.24) is 19.9 Å². The molecular weight excluding hydrogens is 450 g/mol. The average molecular weight is 470 g/mol. The van der Waals surface area contributed by atoms with Gasteiger partial charge in [-0.15, -0.1) is 0 Å². The van der Waals surface area contributed by atoms with E-state index >= 15 is 0 Å². The molecule has 1 aliphatic heterocycles. The minimum Gasteiger partial charge on any atom is -0.491 e. The summed E-state index contributed by atoms with van der Waals surface area (Å²) in [7, 11) is 0. The Morgan fingerprint density at radius 1 is 1.19 bits per heavy atom. The summed E-state index contributed by atoms with van der Waals surface area (Å²) >= 11 is 7.57. The van der Waals surface area contributed by atoms with Crippen molar-refractivity contribution >= 4 is 50.2 Å². The number of halogens is 1. The Morgan fingerprint density at radius 3 is 2.84 bits per heavy atom. The number of benzene rings is 1. The van der Waals surface area contributed by atoms with Gasteiger partial charge in [0.25, 0.3) is 0 Å². The number of pyridine rings is 1. The van der Waals surface area contributed by atoms with Crippen LogP contribution in [-0.2, 0) is 13.2 Å². The van der Waals surface area contributed by atoms with Gasteiger partial charge in [-0.05, 0) is 36.2 Å². The predicted molar refractivity (Wildman–Crippen MR) is 126 cm³/mol. The summed E-state index contributed by atoms with van der Waals surface area (Å²) in [6.45, 7) is 3.23. The lowest BCUT2D eigenvalue weighted by Gasteiger charge is -2.24. The monoisotopic (exact) mass is 469 g/mol. The topological polar surface area (TPSA) is 136 Å². The molecule has 3 aromatic heterocycles. The third kappa shape index (κ3) is 3.66. The van der Waals surface area contributed by atoms with Gasteiger partial charge in [-0.25, -0.2) is 15.0 Å². The molecule has 0 bridgehead atoms. The number of aryl methyl sites for hydroxylation is 1. The highest BCUT2D eigenvalue weighted by atomic mass is 35.5. The maximum atomic E-state index is 9.83. The Hall–Kier alpha value is -3.21. The van der Waals surface area contributed by atoms with Crippen LogP contribution < -0.4 is 21.1 Å². The van der Waals surface area contributed by atoms with Crippen molar-refractivity contribution in [3.8, 4) is 16.9 Å². The summed E-state index contributed by atoms with van der Waals surface area (Å²) in [5, 5.41) is 10.5. The Kier molecular flexibility index (Phi) is 5.20. The zero-order valence-electron chi connectivity index (χ0n) is 17.2. The molecule has 4 heterocycles. The van der Waals surface area contributed by atoms with Crippen LogP contribution in [0.4, 0.5) is 16.9 Å². The second-order valence-corrected chi connectivity index (χ2v) is 8.85. The van der Waals surface area contributed by atoms with Gasteiger partial charge in [0.05, 0.1) is 18.7 Å². The van der Waals surface area contributed by atoms with Gasteiger partial charge < -0.3 is 26.2 Å². The number of fused-ring (bicyclic) bond motifs is 2. The first-order valence-electron chi connectivity index (χ1n) is 9.89. The number of rotatable bonds is 3. The van der Waals surface area contributed by atoms with Gasteiger partial charge in [0, 0.05) is 23.9 Å². The van der Waals surface area contributed by atoms with E-state index in [2.05, 4.69) is 32.1 Å². The fourth-order valence-electron chi connectivity index (χ4n) is 3.92. The van der Waals surface area contributed by atoms with Crippen LogP contribution >= 0.6 is 22.9 Å². The molecule has 0 saturated carbocycles. The van der Waals surface area contributed by atoms with Gasteiger partial charge in [-0.2, -0.15) is 4.98 Å². The van der Waals surface area contributed by atoms with E-state index in [1.807, 2.05) is 24.1 Å². The Labute approximate surface area is 192 Å². The van der Waals surface area contributed by atoms with E-state index in [0.717, 1.165) is 38.4 Å². The molecular formula is C21H20ClN7O2S. The molecule has 5 N–H and O–H groups in total. The van der Waals surface area contributed by atoms with Crippen LogP contribution in [0.2, 0.25) is 5.15 Å². The van der Waals surface area contributed by atoms with Crippen LogP contribution in [0.5, 0.6) is 5.75 Å². The standard InChI is InChI=1S/C21H20ClN7O2S/c1-10-4-11(12-6-15-19(25-7-12)32-21(24)26-15)5-13-8-29(2-3-31-16(10)13)18-14(9-30)17(22)27-20(23)28-18/h4-7,30H,2-3,8-9H2,1H3,(H2,24,26)(H2,23,27,28). The van der Waals surface area contributed by atoms with Crippen molar-refractivity contribution in [3.63, 3.8) is 0 Å². The molecule has 4 aromatic rings. The number of nitrogen functional groups attached to an aromatic ring is 2. The molecule has 9 nitrogen and oxygen atoms in total. The summed E-state index contributed by atoms with van der Waals surface area (Å²) in [6.07, 6.45) is 1.82. The number of ether oxygens (including phenoxy) is 1. The normalized spacial score (nSPS) is 13.7. The van der Waals surface area contributed by atoms with Crippen LogP contribution in [0.15, 0.2) is 24.4 Å². The van der Waals surface area contributed by atoms with Crippen LogP contribution in [0.25, 0.3) is 21.5 Å². The van der Waals surface area contributed by atoms with Crippen molar-refractivity contribution in [3.05, 3.63) is 46.2 Å². The minimum atomic E-state index is -0.291. The van der Waals surface area contributed by atoms with E-state index < -0.39 is 0 Å². The van der Waals surface area contributed by atoms with Crippen LogP contribution in [0.3, 0.4) is 0 Å². The maximum absolute atomic E-state index is 9.83. The van der Waals surface area contributed by atoms with Crippen molar-refractivity contribution in [2.45, 2.75) is 20.1 Å². The molecule has 5 rings (SSSR count). The summed E-state index contributed by atoms with van der Waals surface area (Å²) in [5.41, 5.74) is 16.8. The summed E-state index contributed by atoms with van der Waals surface area (Å²) in [5.74, 6) is 1.40. The van der Waals surface area contributed by atoms with Crippen LogP contribution in [-0.4, -0.2) is 38.2 Å². The average Bonchev–Trinajstić information content (AvgIpc) is 2.98. The highest BCUT2D eigenvalue weighted by Gasteiger charge is 2.23. The highest BCUT2D eigenvalue weighted by Crippen LogP contribution is 2.36. The molecule has 1 aromatic carbocycles. The molecule has 0 radical (unpaired) electrons. The lowest BCUT2D eigenvalue weighted by molar-refractivity contribution is 0.281. The fraction of sp³-hybridized carbons (Fsp3) is 0.238. The Bertz CT molecular complexity index is 1340. The third-order valence-corrected chi connectivity index (χ3v) is 6.45.